The first-order chi connectivity index (χ1) is 20.2. The fourth-order valence-electron chi connectivity index (χ4n) is 6.22. The molecule has 0 N–H and O–H groups in total. The van der Waals surface area contributed by atoms with Crippen molar-refractivity contribution < 1.29 is 0 Å². The zero-order valence-electron chi connectivity index (χ0n) is 23.3. The minimum Gasteiger partial charge on any atom is -0.135 e. The van der Waals surface area contributed by atoms with Gasteiger partial charge >= 0.3 is 0 Å². The third-order valence-electron chi connectivity index (χ3n) is 8.17. The molecule has 196 valence electrons. The van der Waals surface area contributed by atoms with E-state index in [0.717, 1.165) is 0 Å². The maximum absolute atomic E-state index is 4.10. The van der Waals surface area contributed by atoms with E-state index in [1.54, 1.807) is 0 Å². The summed E-state index contributed by atoms with van der Waals surface area (Å²) in [6, 6.07) is 42.1. The van der Waals surface area contributed by atoms with E-state index in [9.17, 15) is 0 Å². The number of fused-ring (bicyclic) bond motifs is 4. The lowest BCUT2D eigenvalue weighted by Gasteiger charge is -2.19. The molecule has 0 aliphatic heterocycles. The van der Waals surface area contributed by atoms with Crippen molar-refractivity contribution in [2.75, 3.05) is 0 Å². The van der Waals surface area contributed by atoms with Crippen LogP contribution in [-0.2, 0) is 0 Å². The first-order valence-corrected chi connectivity index (χ1v) is 14.9. The lowest BCUT2D eigenvalue weighted by Crippen LogP contribution is -1.95. The highest BCUT2D eigenvalue weighted by Gasteiger charge is 2.17. The van der Waals surface area contributed by atoms with Crippen molar-refractivity contribution in [3.05, 3.63) is 145 Å². The van der Waals surface area contributed by atoms with E-state index in [-0.39, 0.29) is 0 Å². The summed E-state index contributed by atoms with van der Waals surface area (Å²) in [4.78, 5) is 0. The molecule has 1 aromatic heterocycles. The van der Waals surface area contributed by atoms with Crippen LogP contribution in [0, 0.1) is 6.92 Å². The highest BCUT2D eigenvalue weighted by molar-refractivity contribution is 7.26. The predicted molar refractivity (Wildman–Crippen MR) is 183 cm³/mol. The average Bonchev–Trinajstić information content (AvgIpc) is 3.41. The second-order valence-corrected chi connectivity index (χ2v) is 11.6. The Morgan fingerprint density at radius 2 is 1.32 bits per heavy atom. The molecule has 7 aromatic rings. The topological polar surface area (TPSA) is 0 Å². The second kappa shape index (κ2) is 10.4. The van der Waals surface area contributed by atoms with Crippen molar-refractivity contribution in [1.82, 2.24) is 0 Å². The molecule has 0 saturated carbocycles. The Kier molecular flexibility index (Phi) is 6.38. The van der Waals surface area contributed by atoms with Gasteiger partial charge in [-0.25, -0.2) is 0 Å². The maximum Gasteiger partial charge on any atom is 0.0433 e. The summed E-state index contributed by atoms with van der Waals surface area (Å²) in [5, 5.41) is 5.21. The molecule has 0 atom stereocenters. The van der Waals surface area contributed by atoms with E-state index >= 15 is 0 Å². The third-order valence-corrected chi connectivity index (χ3v) is 9.39. The molecule has 6 aromatic carbocycles. The van der Waals surface area contributed by atoms with Crippen molar-refractivity contribution in [2.45, 2.75) is 13.8 Å². The van der Waals surface area contributed by atoms with E-state index in [2.05, 4.69) is 148 Å². The molecule has 0 fully saturated rings. The van der Waals surface area contributed by atoms with Crippen LogP contribution < -0.4 is 0 Å². The first-order valence-electron chi connectivity index (χ1n) is 14.1. The lowest BCUT2D eigenvalue weighted by molar-refractivity contribution is 1.48. The van der Waals surface area contributed by atoms with Crippen LogP contribution in [0.15, 0.2) is 128 Å². The Morgan fingerprint density at radius 3 is 2.12 bits per heavy atom. The van der Waals surface area contributed by atoms with Gasteiger partial charge in [0.25, 0.3) is 0 Å². The normalized spacial score (nSPS) is 11.7. The largest absolute Gasteiger partial charge is 0.135 e. The Balaban J connectivity index is 1.52. The molecule has 0 spiro atoms. The van der Waals surface area contributed by atoms with Gasteiger partial charge in [0.1, 0.15) is 0 Å². The fourth-order valence-corrected chi connectivity index (χ4v) is 7.46. The monoisotopic (exact) mass is 542 g/mol. The number of allylic oxidation sites excluding steroid dienone is 1. The molecule has 0 radical (unpaired) electrons. The van der Waals surface area contributed by atoms with Gasteiger partial charge in [-0.05, 0) is 92.9 Å². The van der Waals surface area contributed by atoms with Gasteiger partial charge < -0.3 is 0 Å². The van der Waals surface area contributed by atoms with Gasteiger partial charge in [-0.1, -0.05) is 122 Å². The second-order valence-electron chi connectivity index (χ2n) is 10.5. The highest BCUT2D eigenvalue weighted by Crippen LogP contribution is 2.43. The highest BCUT2D eigenvalue weighted by atomic mass is 32.1. The summed E-state index contributed by atoms with van der Waals surface area (Å²) in [5.41, 5.74) is 11.1. The maximum atomic E-state index is 4.10. The number of rotatable bonds is 5. The van der Waals surface area contributed by atoms with Crippen molar-refractivity contribution >= 4 is 54.4 Å². The molecule has 41 heavy (non-hydrogen) atoms. The van der Waals surface area contributed by atoms with E-state index in [1.165, 1.54) is 81.0 Å². The lowest BCUT2D eigenvalue weighted by atomic mass is 9.84. The minimum absolute atomic E-state index is 1.17. The molecule has 0 amide bonds. The van der Waals surface area contributed by atoms with Crippen LogP contribution in [0.5, 0.6) is 0 Å². The van der Waals surface area contributed by atoms with Crippen LogP contribution in [0.2, 0.25) is 0 Å². The predicted octanol–water partition coefficient (Wildman–Crippen LogP) is 12.2. The molecule has 0 nitrogen and oxygen atoms in total. The van der Waals surface area contributed by atoms with Crippen LogP contribution in [-0.4, -0.2) is 0 Å². The van der Waals surface area contributed by atoms with Gasteiger partial charge in [-0.3, -0.25) is 0 Å². The zero-order valence-corrected chi connectivity index (χ0v) is 24.1. The zero-order chi connectivity index (χ0) is 27.9. The summed E-state index contributed by atoms with van der Waals surface area (Å²) in [6.07, 6.45) is 6.39. The number of benzene rings is 6. The van der Waals surface area contributed by atoms with Gasteiger partial charge in [-0.2, -0.15) is 0 Å². The molecule has 0 bridgehead atoms. The minimum atomic E-state index is 1.17. The van der Waals surface area contributed by atoms with Crippen molar-refractivity contribution in [3.63, 3.8) is 0 Å². The molecule has 1 heterocycles. The Labute approximate surface area is 245 Å². The molecule has 1 heteroatoms. The van der Waals surface area contributed by atoms with E-state index < -0.39 is 0 Å². The third kappa shape index (κ3) is 4.22. The standard InChI is InChI=1S/C40H30S/c1-4-13-33-37(25-36(28-14-7-6-8-15-28)34-23-22-27(5-2)26(3)39(33)34)30-17-11-16-29(24-30)31-19-12-20-35-32-18-9-10-21-38(32)41-40(31)35/h4-25H,2H2,1,3H3/b13-4+. The van der Waals surface area contributed by atoms with Crippen LogP contribution >= 0.6 is 11.3 Å². The van der Waals surface area contributed by atoms with Gasteiger partial charge in [0.05, 0.1) is 0 Å². The van der Waals surface area contributed by atoms with Crippen LogP contribution in [0.1, 0.15) is 23.6 Å². The van der Waals surface area contributed by atoms with Crippen molar-refractivity contribution in [3.8, 4) is 33.4 Å². The summed E-state index contributed by atoms with van der Waals surface area (Å²) >= 11 is 1.88. The molecular formula is C40H30S. The first kappa shape index (κ1) is 25.3. The smallest absolute Gasteiger partial charge is 0.0433 e. The number of hydrogen-bond donors (Lipinski definition) is 0. The number of hydrogen-bond acceptors (Lipinski definition) is 1. The summed E-state index contributed by atoms with van der Waals surface area (Å²) in [6.45, 7) is 8.43. The Hall–Kier alpha value is -4.72. The fraction of sp³-hybridized carbons (Fsp3) is 0.0500. The summed E-state index contributed by atoms with van der Waals surface area (Å²) in [7, 11) is 0. The summed E-state index contributed by atoms with van der Waals surface area (Å²) < 4.78 is 2.67. The Morgan fingerprint density at radius 1 is 0.610 bits per heavy atom. The van der Waals surface area contributed by atoms with E-state index in [1.807, 2.05) is 17.4 Å². The Bertz CT molecular complexity index is 2120. The quantitative estimate of drug-likeness (QED) is 0.203. The number of thiophene rings is 1. The van der Waals surface area contributed by atoms with Gasteiger partial charge in [0, 0.05) is 20.2 Å². The molecule has 0 aliphatic rings. The summed E-state index contributed by atoms with van der Waals surface area (Å²) in [5.74, 6) is 0. The molecular weight excluding hydrogens is 513 g/mol. The number of aryl methyl sites for hydroxylation is 1. The molecule has 0 unspecified atom stereocenters. The van der Waals surface area contributed by atoms with Crippen LogP contribution in [0.4, 0.5) is 0 Å². The van der Waals surface area contributed by atoms with E-state index in [4.69, 9.17) is 0 Å². The SMILES string of the molecule is C=Cc1ccc2c(-c3ccccc3)cc(-c3cccc(-c4cccc5c4sc4ccccc45)c3)c(/C=C/C)c2c1C. The average molecular weight is 543 g/mol. The van der Waals surface area contributed by atoms with Crippen molar-refractivity contribution in [2.24, 2.45) is 0 Å². The van der Waals surface area contributed by atoms with Gasteiger partial charge in [0.2, 0.25) is 0 Å². The molecule has 0 aliphatic carbocycles. The molecule has 0 saturated heterocycles. The van der Waals surface area contributed by atoms with E-state index in [0.29, 0.717) is 0 Å². The molecule has 7 rings (SSSR count). The van der Waals surface area contributed by atoms with Crippen molar-refractivity contribution in [1.29, 1.82) is 0 Å². The van der Waals surface area contributed by atoms with Gasteiger partial charge in [0.15, 0.2) is 0 Å². The van der Waals surface area contributed by atoms with Crippen LogP contribution in [0.3, 0.4) is 0 Å². The van der Waals surface area contributed by atoms with Crippen LogP contribution in [0.25, 0.3) is 76.5 Å². The van der Waals surface area contributed by atoms with Gasteiger partial charge in [-0.15, -0.1) is 11.3 Å².